The van der Waals surface area contributed by atoms with Crippen LogP contribution in [0.25, 0.3) is 0 Å². The van der Waals surface area contributed by atoms with Crippen molar-refractivity contribution < 1.29 is 0 Å². The first-order chi connectivity index (χ1) is 9.69. The second kappa shape index (κ2) is 5.54. The molecular weight excluding hydrogens is 276 g/mol. The Hall–Kier alpha value is -1.40. The van der Waals surface area contributed by atoms with Gasteiger partial charge in [0.05, 0.1) is 12.7 Å². The first-order valence-corrected chi connectivity index (χ1v) is 7.37. The summed E-state index contributed by atoms with van der Waals surface area (Å²) in [6.45, 7) is 3.78. The minimum atomic E-state index is 0.430. The van der Waals surface area contributed by atoms with Crippen LogP contribution in [0.5, 0.6) is 0 Å². The van der Waals surface area contributed by atoms with Crippen LogP contribution in [0.2, 0.25) is 5.15 Å². The van der Waals surface area contributed by atoms with Crippen LogP contribution in [0.4, 0.5) is 0 Å². The molecule has 108 valence electrons. The Morgan fingerprint density at radius 2 is 2.25 bits per heavy atom. The number of nitrogens with zero attached hydrogens (tertiary/aromatic N) is 5. The van der Waals surface area contributed by atoms with Crippen LogP contribution < -0.4 is 5.32 Å². The van der Waals surface area contributed by atoms with Crippen molar-refractivity contribution in [3.05, 3.63) is 28.8 Å². The van der Waals surface area contributed by atoms with Crippen LogP contribution in [0.3, 0.4) is 0 Å². The Morgan fingerprint density at radius 1 is 1.40 bits per heavy atom. The molecule has 0 radical (unpaired) electrons. The van der Waals surface area contributed by atoms with Crippen molar-refractivity contribution in [1.29, 1.82) is 0 Å². The Labute approximate surface area is 123 Å². The number of hydrogen-bond donors (Lipinski definition) is 1. The zero-order valence-corrected chi connectivity index (χ0v) is 12.6. The van der Waals surface area contributed by atoms with Gasteiger partial charge in [-0.05, 0) is 6.42 Å². The van der Waals surface area contributed by atoms with Crippen molar-refractivity contribution in [3.8, 4) is 0 Å². The average molecular weight is 295 g/mol. The van der Waals surface area contributed by atoms with Gasteiger partial charge in [0.1, 0.15) is 22.6 Å². The van der Waals surface area contributed by atoms with E-state index in [2.05, 4.69) is 32.0 Å². The Balaban J connectivity index is 1.64. The second-order valence-electron chi connectivity index (χ2n) is 5.17. The largest absolute Gasteiger partial charge is 0.321 e. The van der Waals surface area contributed by atoms with Crippen molar-refractivity contribution >= 4 is 11.6 Å². The highest BCUT2D eigenvalue weighted by Gasteiger charge is 2.22. The van der Waals surface area contributed by atoms with E-state index in [1.54, 1.807) is 6.20 Å². The van der Waals surface area contributed by atoms with Gasteiger partial charge >= 0.3 is 0 Å². The van der Waals surface area contributed by atoms with Crippen LogP contribution in [-0.4, -0.2) is 30.4 Å². The van der Waals surface area contributed by atoms with Gasteiger partial charge in [-0.2, -0.15) is 0 Å². The van der Waals surface area contributed by atoms with Gasteiger partial charge in [-0.3, -0.25) is 0 Å². The molecule has 0 saturated carbocycles. The number of imidazole rings is 1. The number of rotatable bonds is 4. The van der Waals surface area contributed by atoms with Gasteiger partial charge in [-0.15, -0.1) is 10.2 Å². The summed E-state index contributed by atoms with van der Waals surface area (Å²) in [4.78, 5) is 4.30. The molecule has 0 aromatic carbocycles. The van der Waals surface area contributed by atoms with Crippen molar-refractivity contribution in [2.75, 3.05) is 0 Å². The summed E-state index contributed by atoms with van der Waals surface area (Å²) in [6.07, 6.45) is 4.67. The number of aryl methyl sites for hydroxylation is 2. The Kier molecular flexibility index (Phi) is 3.76. The molecule has 0 saturated heterocycles. The van der Waals surface area contributed by atoms with E-state index in [1.165, 1.54) is 0 Å². The van der Waals surface area contributed by atoms with Gasteiger partial charge < -0.3 is 14.5 Å². The molecule has 1 atom stereocenters. The summed E-state index contributed by atoms with van der Waals surface area (Å²) in [6, 6.07) is 0.430. The first kappa shape index (κ1) is 13.6. The van der Waals surface area contributed by atoms with Crippen molar-refractivity contribution in [2.24, 2.45) is 7.05 Å². The van der Waals surface area contributed by atoms with Gasteiger partial charge in [0.2, 0.25) is 0 Å². The molecule has 0 fully saturated rings. The van der Waals surface area contributed by atoms with Crippen LogP contribution in [0, 0.1) is 0 Å². The van der Waals surface area contributed by atoms with Crippen LogP contribution >= 0.6 is 11.6 Å². The lowest BCUT2D eigenvalue weighted by Crippen LogP contribution is -2.38. The van der Waals surface area contributed by atoms with Gasteiger partial charge in [0, 0.05) is 32.5 Å². The quantitative estimate of drug-likeness (QED) is 0.924. The number of halogens is 1. The highest BCUT2D eigenvalue weighted by molar-refractivity contribution is 6.29. The second-order valence-corrected chi connectivity index (χ2v) is 5.56. The highest BCUT2D eigenvalue weighted by Crippen LogP contribution is 2.16. The number of aromatic nitrogens is 5. The topological polar surface area (TPSA) is 60.6 Å². The van der Waals surface area contributed by atoms with Crippen molar-refractivity contribution in [2.45, 2.75) is 45.3 Å². The SMILES string of the molecule is CCc1nnc2n1CC(NCc1ncc(Cl)n1C)CC2. The van der Waals surface area contributed by atoms with Gasteiger partial charge in [-0.1, -0.05) is 18.5 Å². The fraction of sp³-hybridized carbons (Fsp3) is 0.615. The van der Waals surface area contributed by atoms with E-state index in [0.29, 0.717) is 11.2 Å². The zero-order chi connectivity index (χ0) is 14.1. The molecule has 0 aliphatic carbocycles. The molecule has 2 aromatic rings. The standard InChI is InChI=1S/C13H19ClN6/c1-3-11-17-18-12-5-4-9(8-20(11)12)15-7-13-16-6-10(14)19(13)2/h6,9,15H,3-5,7-8H2,1-2H3. The minimum Gasteiger partial charge on any atom is -0.321 e. The molecule has 3 heterocycles. The molecular formula is C13H19ClN6. The summed E-state index contributed by atoms with van der Waals surface area (Å²) < 4.78 is 4.14. The van der Waals surface area contributed by atoms with Crippen molar-refractivity contribution in [1.82, 2.24) is 29.6 Å². The Bertz CT molecular complexity index is 589. The minimum absolute atomic E-state index is 0.430. The highest BCUT2D eigenvalue weighted by atomic mass is 35.5. The zero-order valence-electron chi connectivity index (χ0n) is 11.8. The third-order valence-electron chi connectivity index (χ3n) is 3.92. The van der Waals surface area contributed by atoms with E-state index >= 15 is 0 Å². The van der Waals surface area contributed by atoms with Gasteiger partial charge in [-0.25, -0.2) is 4.98 Å². The lowest BCUT2D eigenvalue weighted by Gasteiger charge is -2.25. The fourth-order valence-corrected chi connectivity index (χ4v) is 2.78. The molecule has 2 aromatic heterocycles. The summed E-state index contributed by atoms with van der Waals surface area (Å²) in [5.41, 5.74) is 0. The van der Waals surface area contributed by atoms with Crippen LogP contribution in [-0.2, 0) is 33.0 Å². The molecule has 6 nitrogen and oxygen atoms in total. The van der Waals surface area contributed by atoms with E-state index in [9.17, 15) is 0 Å². The maximum atomic E-state index is 5.99. The summed E-state index contributed by atoms with van der Waals surface area (Å²) in [5, 5.41) is 12.7. The van der Waals surface area contributed by atoms with Crippen LogP contribution in [0.1, 0.15) is 30.8 Å². The smallest absolute Gasteiger partial charge is 0.133 e. The third-order valence-corrected chi connectivity index (χ3v) is 4.27. The van der Waals surface area contributed by atoms with E-state index < -0.39 is 0 Å². The first-order valence-electron chi connectivity index (χ1n) is 6.99. The lowest BCUT2D eigenvalue weighted by molar-refractivity contribution is 0.369. The van der Waals surface area contributed by atoms with E-state index in [1.807, 2.05) is 11.6 Å². The summed E-state index contributed by atoms with van der Waals surface area (Å²) >= 11 is 5.99. The fourth-order valence-electron chi connectivity index (χ4n) is 2.64. The predicted molar refractivity (Wildman–Crippen MR) is 76.6 cm³/mol. The molecule has 1 aliphatic rings. The van der Waals surface area contributed by atoms with E-state index in [4.69, 9.17) is 11.6 Å². The monoisotopic (exact) mass is 294 g/mol. The molecule has 1 N–H and O–H groups in total. The number of hydrogen-bond acceptors (Lipinski definition) is 4. The summed E-state index contributed by atoms with van der Waals surface area (Å²) in [5.74, 6) is 3.15. The van der Waals surface area contributed by atoms with Crippen molar-refractivity contribution in [3.63, 3.8) is 0 Å². The maximum Gasteiger partial charge on any atom is 0.133 e. The number of nitrogens with one attached hydrogen (secondary N) is 1. The molecule has 20 heavy (non-hydrogen) atoms. The molecule has 1 unspecified atom stereocenters. The summed E-state index contributed by atoms with van der Waals surface area (Å²) in [7, 11) is 1.93. The molecule has 3 rings (SSSR count). The van der Waals surface area contributed by atoms with Gasteiger partial charge in [0.15, 0.2) is 0 Å². The maximum absolute atomic E-state index is 5.99. The molecule has 0 bridgehead atoms. The van der Waals surface area contributed by atoms with Gasteiger partial charge in [0.25, 0.3) is 0 Å². The Morgan fingerprint density at radius 3 is 2.95 bits per heavy atom. The molecule has 0 amide bonds. The van der Waals surface area contributed by atoms with E-state index in [0.717, 1.165) is 49.8 Å². The average Bonchev–Trinajstić information content (AvgIpc) is 3.01. The number of fused-ring (bicyclic) bond motifs is 1. The lowest BCUT2D eigenvalue weighted by atomic mass is 10.1. The normalized spacial score (nSPS) is 18.2. The predicted octanol–water partition coefficient (Wildman–Crippen LogP) is 1.33. The van der Waals surface area contributed by atoms with E-state index in [-0.39, 0.29) is 0 Å². The third kappa shape index (κ3) is 2.45. The molecule has 0 spiro atoms. The van der Waals surface area contributed by atoms with Crippen LogP contribution in [0.15, 0.2) is 6.20 Å². The molecule has 1 aliphatic heterocycles. The molecule has 7 heteroatoms.